The van der Waals surface area contributed by atoms with Gasteiger partial charge in [0.1, 0.15) is 10.7 Å². The molecule has 1 aromatic heterocycles. The van der Waals surface area contributed by atoms with Crippen LogP contribution in [0.3, 0.4) is 0 Å². The molecular weight excluding hydrogens is 313 g/mol. The van der Waals surface area contributed by atoms with Crippen molar-refractivity contribution in [3.63, 3.8) is 0 Å². The van der Waals surface area contributed by atoms with E-state index in [9.17, 15) is 9.18 Å². The third-order valence-corrected chi connectivity index (χ3v) is 5.11. The number of thiazole rings is 1. The highest BCUT2D eigenvalue weighted by Gasteiger charge is 2.25. The minimum Gasteiger partial charge on any atom is -0.335 e. The highest BCUT2D eigenvalue weighted by molar-refractivity contribution is 7.13. The average molecular weight is 333 g/mol. The molecule has 1 atom stereocenters. The molecule has 23 heavy (non-hydrogen) atoms. The summed E-state index contributed by atoms with van der Waals surface area (Å²) in [6.45, 7) is 6.24. The summed E-state index contributed by atoms with van der Waals surface area (Å²) in [6, 6.07) is 6.73. The summed E-state index contributed by atoms with van der Waals surface area (Å²) in [7, 11) is 0. The number of carbonyl (C=O) groups is 1. The molecule has 0 spiro atoms. The first-order valence-corrected chi connectivity index (χ1v) is 8.58. The number of nitrogens with one attached hydrogen (secondary N) is 1. The minimum absolute atomic E-state index is 0.0682. The number of benzene rings is 1. The van der Waals surface area contributed by atoms with Gasteiger partial charge in [0.2, 0.25) is 0 Å². The molecule has 1 aliphatic heterocycles. The van der Waals surface area contributed by atoms with Crippen LogP contribution in [0.4, 0.5) is 4.39 Å². The van der Waals surface area contributed by atoms with Gasteiger partial charge in [0.25, 0.3) is 5.91 Å². The molecule has 1 aliphatic rings. The van der Waals surface area contributed by atoms with Crippen LogP contribution in [-0.2, 0) is 6.42 Å². The first kappa shape index (κ1) is 16.1. The van der Waals surface area contributed by atoms with E-state index < -0.39 is 0 Å². The molecule has 2 heterocycles. The smallest absolute Gasteiger partial charge is 0.265 e. The fourth-order valence-electron chi connectivity index (χ4n) is 2.76. The van der Waals surface area contributed by atoms with Crippen molar-refractivity contribution in [1.82, 2.24) is 15.2 Å². The number of amides is 1. The second-order valence-corrected chi connectivity index (χ2v) is 7.02. The van der Waals surface area contributed by atoms with Crippen molar-refractivity contribution in [2.45, 2.75) is 26.3 Å². The van der Waals surface area contributed by atoms with Crippen LogP contribution in [0.15, 0.2) is 24.3 Å². The zero-order valence-electron chi connectivity index (χ0n) is 13.3. The number of halogens is 1. The first-order valence-electron chi connectivity index (χ1n) is 7.76. The predicted molar refractivity (Wildman–Crippen MR) is 89.4 cm³/mol. The molecule has 1 fully saturated rings. The maximum atomic E-state index is 13.0. The number of nitrogens with zero attached hydrogens (tertiary/aromatic N) is 2. The third-order valence-electron chi connectivity index (χ3n) is 3.96. The summed E-state index contributed by atoms with van der Waals surface area (Å²) in [5.74, 6) is -0.175. The van der Waals surface area contributed by atoms with Crippen LogP contribution < -0.4 is 5.32 Å². The second kappa shape index (κ2) is 6.76. The van der Waals surface area contributed by atoms with Gasteiger partial charge < -0.3 is 10.2 Å². The summed E-state index contributed by atoms with van der Waals surface area (Å²) in [6.07, 6.45) is 0.622. The van der Waals surface area contributed by atoms with E-state index in [-0.39, 0.29) is 11.7 Å². The van der Waals surface area contributed by atoms with E-state index in [0.717, 1.165) is 40.8 Å². The van der Waals surface area contributed by atoms with Crippen LogP contribution >= 0.6 is 11.3 Å². The molecule has 1 N–H and O–H groups in total. The molecule has 2 aromatic rings. The van der Waals surface area contributed by atoms with Crippen molar-refractivity contribution in [3.8, 4) is 0 Å². The van der Waals surface area contributed by atoms with Gasteiger partial charge in [-0.3, -0.25) is 4.79 Å². The van der Waals surface area contributed by atoms with Crippen LogP contribution in [0, 0.1) is 12.7 Å². The molecule has 3 rings (SSSR count). The highest BCUT2D eigenvalue weighted by Crippen LogP contribution is 2.23. The number of carbonyl (C=O) groups excluding carboxylic acids is 1. The second-order valence-electron chi connectivity index (χ2n) is 5.93. The number of aryl methyl sites for hydroxylation is 1. The maximum absolute atomic E-state index is 13.0. The molecule has 0 radical (unpaired) electrons. The standard InChI is InChI=1S/C17H20FN3OS/c1-11-10-21(8-7-19-11)17(22)16-12(2)20-15(23-16)9-13-3-5-14(18)6-4-13/h3-6,11,19H,7-10H2,1-2H3. The largest absolute Gasteiger partial charge is 0.335 e. The zero-order valence-corrected chi connectivity index (χ0v) is 14.1. The van der Waals surface area contributed by atoms with Crippen molar-refractivity contribution in [1.29, 1.82) is 0 Å². The van der Waals surface area contributed by atoms with Crippen molar-refractivity contribution in [2.75, 3.05) is 19.6 Å². The van der Waals surface area contributed by atoms with Gasteiger partial charge in [-0.25, -0.2) is 9.37 Å². The van der Waals surface area contributed by atoms with E-state index >= 15 is 0 Å². The Labute approximate surface area is 139 Å². The summed E-state index contributed by atoms with van der Waals surface area (Å²) in [4.78, 5) is 19.8. The Bertz CT molecular complexity index is 698. The molecule has 0 saturated carbocycles. The average Bonchev–Trinajstić information content (AvgIpc) is 2.89. The maximum Gasteiger partial charge on any atom is 0.265 e. The van der Waals surface area contributed by atoms with Gasteiger partial charge in [-0.05, 0) is 31.5 Å². The van der Waals surface area contributed by atoms with Gasteiger partial charge in [0.05, 0.1) is 10.7 Å². The normalized spacial score (nSPS) is 18.2. The monoisotopic (exact) mass is 333 g/mol. The molecule has 0 aliphatic carbocycles. The molecule has 0 bridgehead atoms. The molecule has 6 heteroatoms. The summed E-state index contributed by atoms with van der Waals surface area (Å²) in [5.41, 5.74) is 1.78. The van der Waals surface area contributed by atoms with E-state index in [0.29, 0.717) is 12.5 Å². The third kappa shape index (κ3) is 3.76. The number of hydrogen-bond donors (Lipinski definition) is 1. The molecule has 4 nitrogen and oxygen atoms in total. The lowest BCUT2D eigenvalue weighted by Crippen LogP contribution is -2.51. The zero-order chi connectivity index (χ0) is 16.4. The molecule has 122 valence electrons. The van der Waals surface area contributed by atoms with Gasteiger partial charge in [0.15, 0.2) is 0 Å². The summed E-state index contributed by atoms with van der Waals surface area (Å²) < 4.78 is 13.0. The van der Waals surface area contributed by atoms with Gasteiger partial charge in [0, 0.05) is 32.1 Å². The Morgan fingerprint density at radius 3 is 2.87 bits per heavy atom. The van der Waals surface area contributed by atoms with Gasteiger partial charge in [-0.15, -0.1) is 11.3 Å². The number of hydrogen-bond acceptors (Lipinski definition) is 4. The minimum atomic E-state index is -0.243. The number of piperazine rings is 1. The van der Waals surface area contributed by atoms with Crippen molar-refractivity contribution < 1.29 is 9.18 Å². The van der Waals surface area contributed by atoms with E-state index in [1.807, 2.05) is 11.8 Å². The Morgan fingerprint density at radius 1 is 1.43 bits per heavy atom. The summed E-state index contributed by atoms with van der Waals surface area (Å²) in [5, 5.41) is 4.23. The fraction of sp³-hybridized carbons (Fsp3) is 0.412. The van der Waals surface area contributed by atoms with Crippen LogP contribution in [0.1, 0.15) is 32.9 Å². The Hall–Kier alpha value is -1.79. The van der Waals surface area contributed by atoms with Gasteiger partial charge in [-0.2, -0.15) is 0 Å². The molecular formula is C17H20FN3OS. The van der Waals surface area contributed by atoms with Crippen molar-refractivity contribution in [2.24, 2.45) is 0 Å². The Kier molecular flexibility index (Phi) is 4.73. The highest BCUT2D eigenvalue weighted by atomic mass is 32.1. The van der Waals surface area contributed by atoms with E-state index in [2.05, 4.69) is 17.2 Å². The van der Waals surface area contributed by atoms with Gasteiger partial charge >= 0.3 is 0 Å². The topological polar surface area (TPSA) is 45.2 Å². The molecule has 1 aromatic carbocycles. The van der Waals surface area contributed by atoms with E-state index in [1.54, 1.807) is 12.1 Å². The lowest BCUT2D eigenvalue weighted by Gasteiger charge is -2.31. The quantitative estimate of drug-likeness (QED) is 0.939. The van der Waals surface area contributed by atoms with Crippen molar-refractivity contribution >= 4 is 17.2 Å². The van der Waals surface area contributed by atoms with Crippen LogP contribution in [0.2, 0.25) is 0 Å². The lowest BCUT2D eigenvalue weighted by atomic mass is 10.1. The van der Waals surface area contributed by atoms with Crippen LogP contribution in [0.25, 0.3) is 0 Å². The number of rotatable bonds is 3. The van der Waals surface area contributed by atoms with E-state index in [1.165, 1.54) is 23.5 Å². The molecule has 1 saturated heterocycles. The molecule has 1 unspecified atom stereocenters. The van der Waals surface area contributed by atoms with Crippen LogP contribution in [0.5, 0.6) is 0 Å². The lowest BCUT2D eigenvalue weighted by molar-refractivity contribution is 0.0713. The number of aromatic nitrogens is 1. The van der Waals surface area contributed by atoms with Gasteiger partial charge in [-0.1, -0.05) is 12.1 Å². The fourth-order valence-corrected chi connectivity index (χ4v) is 3.83. The van der Waals surface area contributed by atoms with Crippen LogP contribution in [-0.4, -0.2) is 41.5 Å². The Balaban J connectivity index is 1.75. The summed E-state index contributed by atoms with van der Waals surface area (Å²) >= 11 is 1.45. The first-order chi connectivity index (χ1) is 11.0. The van der Waals surface area contributed by atoms with E-state index in [4.69, 9.17) is 0 Å². The molecule has 1 amide bonds. The van der Waals surface area contributed by atoms with Crippen molar-refractivity contribution in [3.05, 3.63) is 51.2 Å². The predicted octanol–water partition coefficient (Wildman–Crippen LogP) is 2.62. The SMILES string of the molecule is Cc1nc(Cc2ccc(F)cc2)sc1C(=O)N1CCNC(C)C1. The Morgan fingerprint density at radius 2 is 2.17 bits per heavy atom.